The van der Waals surface area contributed by atoms with E-state index in [9.17, 15) is 9.59 Å². The first-order valence-corrected chi connectivity index (χ1v) is 5.48. The lowest BCUT2D eigenvalue weighted by Gasteiger charge is -2.12. The van der Waals surface area contributed by atoms with Crippen LogP contribution in [0, 0.1) is 5.92 Å². The Kier molecular flexibility index (Phi) is 3.13. The summed E-state index contributed by atoms with van der Waals surface area (Å²) in [7, 11) is 1.28. The van der Waals surface area contributed by atoms with E-state index in [1.54, 1.807) is 6.92 Å². The number of hydrogen-bond acceptors (Lipinski definition) is 4. The molecule has 0 amide bonds. The van der Waals surface area contributed by atoms with Crippen molar-refractivity contribution in [2.75, 3.05) is 13.7 Å². The molecule has 4 nitrogen and oxygen atoms in total. The van der Waals surface area contributed by atoms with E-state index in [-0.39, 0.29) is 11.7 Å². The molecule has 1 aromatic rings. The second kappa shape index (κ2) is 4.57. The molecule has 1 heterocycles. The Morgan fingerprint density at radius 3 is 2.82 bits per heavy atom. The summed E-state index contributed by atoms with van der Waals surface area (Å²) in [5, 5.41) is 0. The smallest absolute Gasteiger partial charge is 0.315 e. The molecule has 0 fully saturated rings. The third-order valence-electron chi connectivity index (χ3n) is 3.02. The predicted octanol–water partition coefficient (Wildman–Crippen LogP) is 1.54. The molecule has 0 saturated carbocycles. The fourth-order valence-electron chi connectivity index (χ4n) is 1.99. The molecule has 2 unspecified atom stereocenters. The van der Waals surface area contributed by atoms with Gasteiger partial charge in [-0.3, -0.25) is 9.59 Å². The lowest BCUT2D eigenvalue weighted by atomic mass is 9.90. The van der Waals surface area contributed by atoms with Gasteiger partial charge in [-0.15, -0.1) is 0 Å². The molecule has 17 heavy (non-hydrogen) atoms. The van der Waals surface area contributed by atoms with Crippen molar-refractivity contribution in [2.45, 2.75) is 12.8 Å². The second-order valence-corrected chi connectivity index (χ2v) is 4.05. The Bertz CT molecular complexity index is 452. The number of carbonyl (C=O) groups is 2. The van der Waals surface area contributed by atoms with E-state index in [0.29, 0.717) is 6.61 Å². The predicted molar refractivity (Wildman–Crippen MR) is 60.9 cm³/mol. The highest BCUT2D eigenvalue weighted by Crippen LogP contribution is 2.35. The molecule has 0 aromatic heterocycles. The van der Waals surface area contributed by atoms with Crippen LogP contribution in [0.3, 0.4) is 0 Å². The average molecular weight is 234 g/mol. The van der Waals surface area contributed by atoms with Crippen LogP contribution in [0.1, 0.15) is 18.4 Å². The summed E-state index contributed by atoms with van der Waals surface area (Å²) in [5.74, 6) is -1.04. The van der Waals surface area contributed by atoms with Crippen molar-refractivity contribution in [3.05, 3.63) is 29.8 Å². The van der Waals surface area contributed by atoms with Gasteiger partial charge in [0.15, 0.2) is 5.78 Å². The third kappa shape index (κ3) is 2.02. The van der Waals surface area contributed by atoms with Gasteiger partial charge in [0.2, 0.25) is 0 Å². The lowest BCUT2D eigenvalue weighted by molar-refractivity contribution is -0.149. The largest absolute Gasteiger partial charge is 0.492 e. The van der Waals surface area contributed by atoms with Gasteiger partial charge in [0.05, 0.1) is 13.0 Å². The Morgan fingerprint density at radius 1 is 1.41 bits per heavy atom. The Balaban J connectivity index is 2.21. The van der Waals surface area contributed by atoms with Crippen LogP contribution in [0.15, 0.2) is 24.3 Å². The second-order valence-electron chi connectivity index (χ2n) is 4.05. The zero-order valence-electron chi connectivity index (χ0n) is 9.80. The van der Waals surface area contributed by atoms with Crippen LogP contribution in [0.5, 0.6) is 5.75 Å². The molecule has 4 heteroatoms. The summed E-state index contributed by atoms with van der Waals surface area (Å²) in [6.45, 7) is 1.87. The van der Waals surface area contributed by atoms with Gasteiger partial charge >= 0.3 is 5.97 Å². The van der Waals surface area contributed by atoms with Crippen LogP contribution in [-0.4, -0.2) is 25.5 Å². The van der Waals surface area contributed by atoms with Crippen LogP contribution >= 0.6 is 0 Å². The topological polar surface area (TPSA) is 52.6 Å². The molecule has 0 spiro atoms. The third-order valence-corrected chi connectivity index (χ3v) is 3.02. The van der Waals surface area contributed by atoms with E-state index in [4.69, 9.17) is 4.74 Å². The minimum atomic E-state index is -0.750. The summed E-state index contributed by atoms with van der Waals surface area (Å²) in [5.41, 5.74) is 0.855. The molecule has 1 aliphatic heterocycles. The Morgan fingerprint density at radius 2 is 2.12 bits per heavy atom. The summed E-state index contributed by atoms with van der Waals surface area (Å²) in [4.78, 5) is 23.5. The van der Waals surface area contributed by atoms with Crippen LogP contribution in [0.4, 0.5) is 0 Å². The quantitative estimate of drug-likeness (QED) is 0.588. The van der Waals surface area contributed by atoms with Crippen molar-refractivity contribution < 1.29 is 19.1 Å². The number of carbonyl (C=O) groups excluding carboxylic acids is 2. The number of hydrogen-bond donors (Lipinski definition) is 0. The summed E-state index contributed by atoms with van der Waals surface area (Å²) in [6, 6.07) is 7.40. The van der Waals surface area contributed by atoms with Crippen LogP contribution < -0.4 is 4.74 Å². The van der Waals surface area contributed by atoms with Gasteiger partial charge in [0, 0.05) is 5.56 Å². The number of para-hydroxylation sites is 1. The van der Waals surface area contributed by atoms with E-state index in [1.807, 2.05) is 24.3 Å². The van der Waals surface area contributed by atoms with Gasteiger partial charge in [0.1, 0.15) is 18.3 Å². The van der Waals surface area contributed by atoms with E-state index in [2.05, 4.69) is 4.74 Å². The maximum absolute atomic E-state index is 12.1. The van der Waals surface area contributed by atoms with Crippen molar-refractivity contribution in [2.24, 2.45) is 5.92 Å². The van der Waals surface area contributed by atoms with Gasteiger partial charge in [-0.2, -0.15) is 0 Å². The van der Waals surface area contributed by atoms with Crippen LogP contribution in [0.2, 0.25) is 0 Å². The molecule has 2 rings (SSSR count). The molecule has 90 valence electrons. The first-order chi connectivity index (χ1) is 8.15. The molecular weight excluding hydrogens is 220 g/mol. The minimum Gasteiger partial charge on any atom is -0.492 e. The monoisotopic (exact) mass is 234 g/mol. The number of rotatable bonds is 3. The fourth-order valence-corrected chi connectivity index (χ4v) is 1.99. The van der Waals surface area contributed by atoms with E-state index in [0.717, 1.165) is 11.3 Å². The van der Waals surface area contributed by atoms with Crippen molar-refractivity contribution in [3.8, 4) is 5.75 Å². The van der Waals surface area contributed by atoms with Gasteiger partial charge in [-0.25, -0.2) is 0 Å². The molecule has 1 aromatic carbocycles. The molecule has 1 aliphatic rings. The fraction of sp³-hybridized carbons (Fsp3) is 0.385. The zero-order valence-corrected chi connectivity index (χ0v) is 9.80. The number of methoxy groups -OCH3 is 1. The van der Waals surface area contributed by atoms with E-state index >= 15 is 0 Å². The van der Waals surface area contributed by atoms with E-state index < -0.39 is 11.9 Å². The Labute approximate surface area is 99.5 Å². The summed E-state index contributed by atoms with van der Waals surface area (Å²) < 4.78 is 10.0. The molecule has 0 bridgehead atoms. The van der Waals surface area contributed by atoms with Crippen molar-refractivity contribution in [3.63, 3.8) is 0 Å². The number of Topliss-reactive ketones (excluding diaryl/α,β-unsaturated/α-hetero) is 1. The normalized spacial score (nSPS) is 19.1. The molecule has 2 atom stereocenters. The van der Waals surface area contributed by atoms with E-state index in [1.165, 1.54) is 7.11 Å². The summed E-state index contributed by atoms with van der Waals surface area (Å²) in [6.07, 6.45) is 0. The maximum atomic E-state index is 12.1. The van der Waals surface area contributed by atoms with Crippen molar-refractivity contribution in [1.29, 1.82) is 0 Å². The molecule has 0 radical (unpaired) electrons. The van der Waals surface area contributed by atoms with Crippen molar-refractivity contribution in [1.82, 2.24) is 0 Å². The van der Waals surface area contributed by atoms with Crippen LogP contribution in [-0.2, 0) is 14.3 Å². The van der Waals surface area contributed by atoms with Gasteiger partial charge in [-0.1, -0.05) is 18.2 Å². The van der Waals surface area contributed by atoms with Crippen molar-refractivity contribution >= 4 is 11.8 Å². The SMILES string of the molecule is COC(=O)C(C)C(=O)C1COc2ccccc21. The van der Waals surface area contributed by atoms with Crippen LogP contribution in [0.25, 0.3) is 0 Å². The highest BCUT2D eigenvalue weighted by atomic mass is 16.5. The Hall–Kier alpha value is -1.84. The zero-order chi connectivity index (χ0) is 12.4. The molecule has 0 N–H and O–H groups in total. The first-order valence-electron chi connectivity index (χ1n) is 5.48. The molecule has 0 aliphatic carbocycles. The molecular formula is C13H14O4. The van der Waals surface area contributed by atoms with Gasteiger partial charge < -0.3 is 9.47 Å². The van der Waals surface area contributed by atoms with Gasteiger partial charge in [-0.05, 0) is 13.0 Å². The number of esters is 1. The number of ether oxygens (including phenoxy) is 2. The maximum Gasteiger partial charge on any atom is 0.315 e. The highest BCUT2D eigenvalue weighted by Gasteiger charge is 2.35. The molecule has 0 saturated heterocycles. The number of ketones is 1. The average Bonchev–Trinajstić information content (AvgIpc) is 2.79. The lowest BCUT2D eigenvalue weighted by Crippen LogP contribution is -2.28. The standard InChI is InChI=1S/C13H14O4/c1-8(13(15)16-2)12(14)10-7-17-11-6-4-3-5-9(10)11/h3-6,8,10H,7H2,1-2H3. The minimum absolute atomic E-state index is 0.151. The van der Waals surface area contributed by atoms with Gasteiger partial charge in [0.25, 0.3) is 0 Å². The number of fused-ring (bicyclic) bond motifs is 1. The highest BCUT2D eigenvalue weighted by molar-refractivity contribution is 6.02. The summed E-state index contributed by atoms with van der Waals surface area (Å²) >= 11 is 0. The first kappa shape index (κ1) is 11.6. The number of benzene rings is 1.